The molecule has 0 aromatic heterocycles. The molecule has 1 fully saturated rings. The van der Waals surface area contributed by atoms with Crippen LogP contribution >= 0.6 is 27.7 Å². The van der Waals surface area contributed by atoms with Crippen molar-refractivity contribution in [1.29, 1.82) is 5.41 Å². The number of rotatable bonds is 5. The third kappa shape index (κ3) is 4.11. The molecule has 0 bridgehead atoms. The molecule has 0 unspecified atom stereocenters. The Kier molecular flexibility index (Phi) is 5.68. The zero-order valence-electron chi connectivity index (χ0n) is 14.3. The Labute approximate surface area is 164 Å². The number of hydrogen-bond donors (Lipinski definition) is 2. The van der Waals surface area contributed by atoms with E-state index in [1.54, 1.807) is 19.3 Å². The fourth-order valence-electron chi connectivity index (χ4n) is 2.48. The predicted molar refractivity (Wildman–Crippen MR) is 108 cm³/mol. The monoisotopic (exact) mass is 432 g/mol. The number of amides is 1. The van der Waals surface area contributed by atoms with Crippen LogP contribution < -0.4 is 14.8 Å². The molecule has 0 atom stereocenters. The second kappa shape index (κ2) is 7.97. The lowest BCUT2D eigenvalue weighted by Gasteiger charge is -2.14. The lowest BCUT2D eigenvalue weighted by atomic mass is 10.1. The second-order valence-corrected chi connectivity index (χ2v) is 7.55. The third-order valence-corrected chi connectivity index (χ3v) is 5.26. The number of hydrogen-bond acceptors (Lipinski definition) is 5. The molecule has 5 nitrogen and oxygen atoms in total. The lowest BCUT2D eigenvalue weighted by molar-refractivity contribution is -0.115. The summed E-state index contributed by atoms with van der Waals surface area (Å²) in [6, 6.07) is 11.7. The quantitative estimate of drug-likeness (QED) is 0.682. The van der Waals surface area contributed by atoms with E-state index in [4.69, 9.17) is 14.9 Å². The third-order valence-electron chi connectivity index (χ3n) is 3.85. The molecule has 0 spiro atoms. The molecule has 2 aromatic rings. The maximum Gasteiger partial charge on any atom is 0.264 e. The largest absolute Gasteiger partial charge is 0.493 e. The van der Waals surface area contributed by atoms with Crippen LogP contribution in [0, 0.1) is 12.3 Å². The van der Waals surface area contributed by atoms with Crippen LogP contribution in [0.2, 0.25) is 0 Å². The van der Waals surface area contributed by atoms with Gasteiger partial charge in [-0.15, -0.1) is 0 Å². The van der Waals surface area contributed by atoms with Gasteiger partial charge in [-0.1, -0.05) is 24.3 Å². The van der Waals surface area contributed by atoms with Gasteiger partial charge in [0.1, 0.15) is 6.61 Å². The molecule has 1 saturated heterocycles. The van der Waals surface area contributed by atoms with E-state index in [2.05, 4.69) is 21.2 Å². The Hall–Kier alpha value is -2.25. The van der Waals surface area contributed by atoms with Gasteiger partial charge in [0.2, 0.25) is 0 Å². The summed E-state index contributed by atoms with van der Waals surface area (Å²) in [5.41, 5.74) is 3.05. The van der Waals surface area contributed by atoms with Crippen LogP contribution in [-0.4, -0.2) is 18.2 Å². The fraction of sp³-hybridized carbons (Fsp3) is 0.158. The minimum Gasteiger partial charge on any atom is -0.493 e. The predicted octanol–water partition coefficient (Wildman–Crippen LogP) is 4.48. The van der Waals surface area contributed by atoms with Gasteiger partial charge in [0.05, 0.1) is 16.5 Å². The molecule has 0 radical (unpaired) electrons. The number of aryl methyl sites for hydroxylation is 1. The van der Waals surface area contributed by atoms with Crippen molar-refractivity contribution in [2.45, 2.75) is 13.5 Å². The van der Waals surface area contributed by atoms with E-state index in [9.17, 15) is 4.79 Å². The van der Waals surface area contributed by atoms with Crippen molar-refractivity contribution in [2.75, 3.05) is 7.11 Å². The lowest BCUT2D eigenvalue weighted by Crippen LogP contribution is -2.18. The molecule has 1 amide bonds. The van der Waals surface area contributed by atoms with E-state index >= 15 is 0 Å². The SMILES string of the molecule is COc1cc(C=C2SC(=N)NC2=O)cc(Br)c1OCc1ccccc1C. The number of methoxy groups -OCH3 is 1. The van der Waals surface area contributed by atoms with Crippen molar-refractivity contribution in [3.63, 3.8) is 0 Å². The van der Waals surface area contributed by atoms with Gasteiger partial charge in [-0.25, -0.2) is 0 Å². The van der Waals surface area contributed by atoms with Crippen molar-refractivity contribution < 1.29 is 14.3 Å². The van der Waals surface area contributed by atoms with Crippen LogP contribution in [0.1, 0.15) is 16.7 Å². The molecule has 1 aliphatic rings. The molecule has 134 valence electrons. The summed E-state index contributed by atoms with van der Waals surface area (Å²) in [6.45, 7) is 2.47. The van der Waals surface area contributed by atoms with Crippen molar-refractivity contribution in [3.05, 3.63) is 62.5 Å². The zero-order chi connectivity index (χ0) is 18.7. The Balaban J connectivity index is 1.86. The molecule has 26 heavy (non-hydrogen) atoms. The normalized spacial score (nSPS) is 15.3. The van der Waals surface area contributed by atoms with E-state index in [-0.39, 0.29) is 11.1 Å². The minimum absolute atomic E-state index is 0.130. The maximum absolute atomic E-state index is 11.8. The molecular formula is C19H17BrN2O3S. The maximum atomic E-state index is 11.8. The zero-order valence-corrected chi connectivity index (χ0v) is 16.7. The van der Waals surface area contributed by atoms with Crippen LogP contribution in [0.5, 0.6) is 11.5 Å². The number of thioether (sulfide) groups is 1. The molecule has 0 saturated carbocycles. The molecule has 7 heteroatoms. The smallest absolute Gasteiger partial charge is 0.264 e. The van der Waals surface area contributed by atoms with E-state index in [0.717, 1.165) is 32.9 Å². The van der Waals surface area contributed by atoms with Crippen LogP contribution in [-0.2, 0) is 11.4 Å². The van der Waals surface area contributed by atoms with E-state index in [1.807, 2.05) is 37.3 Å². The average Bonchev–Trinajstić information content (AvgIpc) is 2.92. The first-order chi connectivity index (χ1) is 12.5. The summed E-state index contributed by atoms with van der Waals surface area (Å²) in [5, 5.41) is 10.1. The highest BCUT2D eigenvalue weighted by molar-refractivity contribution is 9.10. The average molecular weight is 433 g/mol. The summed E-state index contributed by atoms with van der Waals surface area (Å²) in [4.78, 5) is 12.2. The fourth-order valence-corrected chi connectivity index (χ4v) is 3.75. The first-order valence-corrected chi connectivity index (χ1v) is 9.43. The highest BCUT2D eigenvalue weighted by atomic mass is 79.9. The van der Waals surface area contributed by atoms with Crippen molar-refractivity contribution in [3.8, 4) is 11.5 Å². The van der Waals surface area contributed by atoms with E-state index in [0.29, 0.717) is 23.0 Å². The highest BCUT2D eigenvalue weighted by Crippen LogP contribution is 2.38. The Morgan fingerprint density at radius 3 is 2.73 bits per heavy atom. The number of carbonyl (C=O) groups is 1. The topological polar surface area (TPSA) is 71.4 Å². The summed E-state index contributed by atoms with van der Waals surface area (Å²) in [7, 11) is 1.58. The van der Waals surface area contributed by atoms with Gasteiger partial charge in [0.25, 0.3) is 5.91 Å². The Morgan fingerprint density at radius 1 is 1.31 bits per heavy atom. The van der Waals surface area contributed by atoms with E-state index in [1.165, 1.54) is 0 Å². The first kappa shape index (κ1) is 18.5. The second-order valence-electron chi connectivity index (χ2n) is 5.64. The van der Waals surface area contributed by atoms with Crippen LogP contribution in [0.3, 0.4) is 0 Å². The van der Waals surface area contributed by atoms with Gasteiger partial charge < -0.3 is 14.8 Å². The van der Waals surface area contributed by atoms with Gasteiger partial charge >= 0.3 is 0 Å². The highest BCUT2D eigenvalue weighted by Gasteiger charge is 2.22. The molecule has 2 N–H and O–H groups in total. The summed E-state index contributed by atoms with van der Waals surface area (Å²) < 4.78 is 12.2. The van der Waals surface area contributed by atoms with Gasteiger partial charge in [-0.2, -0.15) is 0 Å². The van der Waals surface area contributed by atoms with Gasteiger partial charge in [-0.3, -0.25) is 10.2 Å². The first-order valence-electron chi connectivity index (χ1n) is 7.82. The van der Waals surface area contributed by atoms with Crippen LogP contribution in [0.25, 0.3) is 6.08 Å². The summed E-state index contributed by atoms with van der Waals surface area (Å²) >= 11 is 4.62. The number of nitrogens with one attached hydrogen (secondary N) is 2. The number of amidine groups is 1. The number of halogens is 1. The van der Waals surface area contributed by atoms with Gasteiger partial charge in [0, 0.05) is 0 Å². The number of carbonyl (C=O) groups excluding carboxylic acids is 1. The molecule has 3 rings (SSSR count). The standard InChI is InChI=1S/C19H17BrN2O3S/c1-11-5-3-4-6-13(11)10-25-17-14(20)7-12(8-15(17)24-2)9-16-18(23)22-19(21)26-16/h3-9H,10H2,1-2H3,(H2,21,22,23). The van der Waals surface area contributed by atoms with E-state index < -0.39 is 0 Å². The Bertz CT molecular complexity index is 912. The molecule has 0 aliphatic carbocycles. The molecule has 1 heterocycles. The summed E-state index contributed by atoms with van der Waals surface area (Å²) in [6.07, 6.45) is 1.72. The number of benzene rings is 2. The number of ether oxygens (including phenoxy) is 2. The minimum atomic E-state index is -0.269. The molecular weight excluding hydrogens is 416 g/mol. The van der Waals surface area contributed by atoms with Gasteiger partial charge in [-0.05, 0) is 69.5 Å². The van der Waals surface area contributed by atoms with Crippen LogP contribution in [0.4, 0.5) is 0 Å². The Morgan fingerprint density at radius 2 is 2.08 bits per heavy atom. The molecule has 1 aliphatic heterocycles. The van der Waals surface area contributed by atoms with Crippen molar-refractivity contribution in [2.24, 2.45) is 0 Å². The van der Waals surface area contributed by atoms with Crippen molar-refractivity contribution >= 4 is 44.8 Å². The van der Waals surface area contributed by atoms with Gasteiger partial charge in [0.15, 0.2) is 16.7 Å². The summed E-state index contributed by atoms with van der Waals surface area (Å²) in [5.74, 6) is 0.905. The van der Waals surface area contributed by atoms with Crippen LogP contribution in [0.15, 0.2) is 45.8 Å². The molecule has 2 aromatic carbocycles. The van der Waals surface area contributed by atoms with Crippen molar-refractivity contribution in [1.82, 2.24) is 5.32 Å².